The highest BCUT2D eigenvalue weighted by Gasteiger charge is 2.24. The summed E-state index contributed by atoms with van der Waals surface area (Å²) in [7, 11) is 0. The smallest absolute Gasteiger partial charge is 0.0750 e. The Hall–Kier alpha value is -0.770. The SMILES string of the molecule is CCOC1CCCN(c2cccc(Cl)c2CNC2CC2)C1. The Morgan fingerprint density at radius 2 is 2.19 bits per heavy atom. The van der Waals surface area contributed by atoms with E-state index < -0.39 is 0 Å². The zero-order valence-electron chi connectivity index (χ0n) is 12.8. The summed E-state index contributed by atoms with van der Waals surface area (Å²) in [6.45, 7) is 5.81. The van der Waals surface area contributed by atoms with Crippen LogP contribution in [-0.2, 0) is 11.3 Å². The van der Waals surface area contributed by atoms with Gasteiger partial charge in [0.1, 0.15) is 0 Å². The Morgan fingerprint density at radius 1 is 1.33 bits per heavy atom. The van der Waals surface area contributed by atoms with Gasteiger partial charge in [0.05, 0.1) is 6.10 Å². The summed E-state index contributed by atoms with van der Waals surface area (Å²) >= 11 is 6.45. The lowest BCUT2D eigenvalue weighted by atomic mass is 10.0. The molecule has 1 atom stereocenters. The molecule has 21 heavy (non-hydrogen) atoms. The van der Waals surface area contributed by atoms with Crippen LogP contribution in [0.2, 0.25) is 5.02 Å². The van der Waals surface area contributed by atoms with Gasteiger partial charge in [-0.15, -0.1) is 0 Å². The molecule has 1 N–H and O–H groups in total. The van der Waals surface area contributed by atoms with Crippen molar-refractivity contribution in [3.63, 3.8) is 0 Å². The van der Waals surface area contributed by atoms with Gasteiger partial charge in [0.25, 0.3) is 0 Å². The molecule has 1 aliphatic heterocycles. The van der Waals surface area contributed by atoms with Crippen LogP contribution in [0.15, 0.2) is 18.2 Å². The summed E-state index contributed by atoms with van der Waals surface area (Å²) in [4.78, 5) is 2.44. The molecule has 1 aromatic rings. The first kappa shape index (κ1) is 15.1. The first-order valence-corrected chi connectivity index (χ1v) is 8.53. The van der Waals surface area contributed by atoms with Gasteiger partial charge in [-0.25, -0.2) is 0 Å². The van der Waals surface area contributed by atoms with E-state index in [4.69, 9.17) is 16.3 Å². The van der Waals surface area contributed by atoms with E-state index in [1.54, 1.807) is 0 Å². The molecule has 1 saturated heterocycles. The van der Waals surface area contributed by atoms with Crippen LogP contribution in [0, 0.1) is 0 Å². The summed E-state index contributed by atoms with van der Waals surface area (Å²) in [6, 6.07) is 6.96. The topological polar surface area (TPSA) is 24.5 Å². The fraction of sp³-hybridized carbons (Fsp3) is 0.647. The second-order valence-electron chi connectivity index (χ2n) is 6.06. The fourth-order valence-corrected chi connectivity index (χ4v) is 3.32. The van der Waals surface area contributed by atoms with E-state index in [0.29, 0.717) is 12.1 Å². The predicted molar refractivity (Wildman–Crippen MR) is 88.2 cm³/mol. The van der Waals surface area contributed by atoms with Gasteiger partial charge in [-0.05, 0) is 44.7 Å². The van der Waals surface area contributed by atoms with Crippen LogP contribution in [0.25, 0.3) is 0 Å². The molecule has 2 aliphatic rings. The third-order valence-electron chi connectivity index (χ3n) is 4.36. The maximum absolute atomic E-state index is 6.45. The molecule has 3 rings (SSSR count). The number of piperidine rings is 1. The zero-order chi connectivity index (χ0) is 14.7. The van der Waals surface area contributed by atoms with Crippen molar-refractivity contribution in [3.8, 4) is 0 Å². The molecule has 3 nitrogen and oxygen atoms in total. The average Bonchev–Trinajstić information content (AvgIpc) is 3.31. The third-order valence-corrected chi connectivity index (χ3v) is 4.71. The molecular formula is C17H25ClN2O. The molecule has 0 radical (unpaired) electrons. The number of rotatable bonds is 6. The molecular weight excluding hydrogens is 284 g/mol. The second-order valence-corrected chi connectivity index (χ2v) is 6.47. The predicted octanol–water partition coefficient (Wildman–Crippen LogP) is 3.60. The van der Waals surface area contributed by atoms with Crippen molar-refractivity contribution in [3.05, 3.63) is 28.8 Å². The molecule has 4 heteroatoms. The van der Waals surface area contributed by atoms with Gasteiger partial charge in [0.2, 0.25) is 0 Å². The Balaban J connectivity index is 1.74. The van der Waals surface area contributed by atoms with Crippen LogP contribution in [0.1, 0.15) is 38.2 Å². The second kappa shape index (κ2) is 6.99. The van der Waals surface area contributed by atoms with E-state index in [9.17, 15) is 0 Å². The first-order chi connectivity index (χ1) is 10.3. The molecule has 0 bridgehead atoms. The van der Waals surface area contributed by atoms with E-state index in [1.165, 1.54) is 36.9 Å². The number of nitrogens with one attached hydrogen (secondary N) is 1. The molecule has 1 aliphatic carbocycles. The molecule has 2 fully saturated rings. The lowest BCUT2D eigenvalue weighted by Gasteiger charge is -2.35. The summed E-state index contributed by atoms with van der Waals surface area (Å²) in [5.74, 6) is 0. The van der Waals surface area contributed by atoms with Gasteiger partial charge in [0.15, 0.2) is 0 Å². The van der Waals surface area contributed by atoms with Crippen LogP contribution >= 0.6 is 11.6 Å². The van der Waals surface area contributed by atoms with E-state index in [0.717, 1.165) is 31.3 Å². The summed E-state index contributed by atoms with van der Waals surface area (Å²) in [6.07, 6.45) is 5.31. The monoisotopic (exact) mass is 308 g/mol. The lowest BCUT2D eigenvalue weighted by molar-refractivity contribution is 0.0526. The fourth-order valence-electron chi connectivity index (χ4n) is 3.08. The maximum atomic E-state index is 6.45. The lowest BCUT2D eigenvalue weighted by Crippen LogP contribution is -2.40. The minimum absolute atomic E-state index is 0.354. The number of hydrogen-bond acceptors (Lipinski definition) is 3. The standard InChI is InChI=1S/C17H25ClN2O/c1-2-21-14-5-4-10-20(12-14)17-7-3-6-16(18)15(17)11-19-13-8-9-13/h3,6-7,13-14,19H,2,4-5,8-12H2,1H3. The van der Waals surface area contributed by atoms with E-state index in [-0.39, 0.29) is 0 Å². The van der Waals surface area contributed by atoms with Gasteiger partial charge >= 0.3 is 0 Å². The summed E-state index contributed by atoms with van der Waals surface area (Å²) in [5, 5.41) is 4.46. The van der Waals surface area contributed by atoms with Crippen LogP contribution in [0.5, 0.6) is 0 Å². The maximum Gasteiger partial charge on any atom is 0.0750 e. The molecule has 1 heterocycles. The van der Waals surface area contributed by atoms with Crippen molar-refractivity contribution >= 4 is 17.3 Å². The molecule has 0 spiro atoms. The van der Waals surface area contributed by atoms with E-state index in [1.807, 2.05) is 6.07 Å². The Bertz CT molecular complexity index is 474. The normalized spacial score (nSPS) is 22.6. The highest BCUT2D eigenvalue weighted by molar-refractivity contribution is 6.31. The Morgan fingerprint density at radius 3 is 2.95 bits per heavy atom. The zero-order valence-corrected chi connectivity index (χ0v) is 13.5. The minimum atomic E-state index is 0.354. The molecule has 0 amide bonds. The molecule has 1 saturated carbocycles. The van der Waals surface area contributed by atoms with Crippen molar-refractivity contribution in [2.24, 2.45) is 0 Å². The Labute approximate surface area is 132 Å². The van der Waals surface area contributed by atoms with Crippen molar-refractivity contribution in [2.75, 3.05) is 24.6 Å². The highest BCUT2D eigenvalue weighted by atomic mass is 35.5. The van der Waals surface area contributed by atoms with Crippen LogP contribution < -0.4 is 10.2 Å². The van der Waals surface area contributed by atoms with Crippen LogP contribution in [0.4, 0.5) is 5.69 Å². The Kier molecular flexibility index (Phi) is 5.04. The quantitative estimate of drug-likeness (QED) is 0.869. The first-order valence-electron chi connectivity index (χ1n) is 8.15. The number of hydrogen-bond donors (Lipinski definition) is 1. The van der Waals surface area contributed by atoms with Crippen molar-refractivity contribution in [2.45, 2.75) is 51.3 Å². The van der Waals surface area contributed by atoms with Crippen molar-refractivity contribution < 1.29 is 4.74 Å². The van der Waals surface area contributed by atoms with Crippen molar-refractivity contribution in [1.29, 1.82) is 0 Å². The van der Waals surface area contributed by atoms with Crippen molar-refractivity contribution in [1.82, 2.24) is 5.32 Å². The number of halogens is 1. The van der Waals surface area contributed by atoms with Crippen LogP contribution in [-0.4, -0.2) is 31.8 Å². The number of anilines is 1. The molecule has 116 valence electrons. The van der Waals surface area contributed by atoms with Gasteiger partial charge in [-0.1, -0.05) is 17.7 Å². The largest absolute Gasteiger partial charge is 0.377 e. The number of benzene rings is 1. The molecule has 1 aromatic carbocycles. The summed E-state index contributed by atoms with van der Waals surface area (Å²) in [5.41, 5.74) is 2.52. The average molecular weight is 309 g/mol. The van der Waals surface area contributed by atoms with Crippen LogP contribution in [0.3, 0.4) is 0 Å². The number of nitrogens with zero attached hydrogens (tertiary/aromatic N) is 1. The summed E-state index contributed by atoms with van der Waals surface area (Å²) < 4.78 is 5.82. The number of ether oxygens (including phenoxy) is 1. The van der Waals surface area contributed by atoms with Gasteiger partial charge in [0, 0.05) is 48.6 Å². The molecule has 0 aromatic heterocycles. The highest BCUT2D eigenvalue weighted by Crippen LogP contribution is 2.31. The van der Waals surface area contributed by atoms with Gasteiger partial charge in [-0.3, -0.25) is 0 Å². The van der Waals surface area contributed by atoms with Gasteiger partial charge in [-0.2, -0.15) is 0 Å². The molecule has 1 unspecified atom stereocenters. The minimum Gasteiger partial charge on any atom is -0.377 e. The van der Waals surface area contributed by atoms with E-state index in [2.05, 4.69) is 29.3 Å². The van der Waals surface area contributed by atoms with Gasteiger partial charge < -0.3 is 15.0 Å². The third kappa shape index (κ3) is 3.91. The van der Waals surface area contributed by atoms with E-state index >= 15 is 0 Å².